The number of thiazole rings is 1. The van der Waals surface area contributed by atoms with Gasteiger partial charge in [-0.2, -0.15) is 0 Å². The van der Waals surface area contributed by atoms with Crippen LogP contribution in [-0.4, -0.2) is 38.3 Å². The number of halogens is 1. The van der Waals surface area contributed by atoms with E-state index < -0.39 is 12.1 Å². The number of esters is 1. The van der Waals surface area contributed by atoms with Gasteiger partial charge >= 0.3 is 12.1 Å². The van der Waals surface area contributed by atoms with Gasteiger partial charge in [0.2, 0.25) is 0 Å². The van der Waals surface area contributed by atoms with Crippen molar-refractivity contribution in [3.63, 3.8) is 0 Å². The van der Waals surface area contributed by atoms with Crippen molar-refractivity contribution in [3.05, 3.63) is 63.6 Å². The molecule has 1 heterocycles. The Bertz CT molecular complexity index is 1070. The molecule has 0 N–H and O–H groups in total. The maximum Gasteiger partial charge on any atom is 0.413 e. The highest BCUT2D eigenvalue weighted by Gasteiger charge is 2.20. The van der Waals surface area contributed by atoms with Crippen LogP contribution in [0.15, 0.2) is 52.3 Å². The van der Waals surface area contributed by atoms with Gasteiger partial charge in [0, 0.05) is 16.9 Å². The molecule has 0 saturated carbocycles. The second kappa shape index (κ2) is 9.73. The number of aromatic nitrogens is 1. The second-order valence-corrected chi connectivity index (χ2v) is 7.88. The molecule has 0 aliphatic heterocycles. The van der Waals surface area contributed by atoms with E-state index in [1.165, 1.54) is 30.4 Å². The molecule has 30 heavy (non-hydrogen) atoms. The number of ether oxygens (including phenoxy) is 3. The van der Waals surface area contributed by atoms with Gasteiger partial charge in [0.25, 0.3) is 0 Å². The molecular weight excluding hydrogens is 472 g/mol. The van der Waals surface area contributed by atoms with Crippen molar-refractivity contribution < 1.29 is 23.8 Å². The highest BCUT2D eigenvalue weighted by molar-refractivity contribution is 9.10. The van der Waals surface area contributed by atoms with E-state index in [1.807, 2.05) is 23.6 Å². The Morgan fingerprint density at radius 1 is 1.17 bits per heavy atom. The Morgan fingerprint density at radius 2 is 1.93 bits per heavy atom. The lowest BCUT2D eigenvalue weighted by atomic mass is 10.1. The summed E-state index contributed by atoms with van der Waals surface area (Å²) in [5.74, 6) is 0.145. The maximum absolute atomic E-state index is 12.6. The number of hydrogen-bond acceptors (Lipinski definition) is 7. The summed E-state index contributed by atoms with van der Waals surface area (Å²) in [7, 11) is 4.40. The van der Waals surface area contributed by atoms with Crippen LogP contribution in [0.2, 0.25) is 0 Å². The van der Waals surface area contributed by atoms with Gasteiger partial charge in [-0.05, 0) is 30.3 Å². The minimum Gasteiger partial charge on any atom is -0.496 e. The van der Waals surface area contributed by atoms with Crippen LogP contribution in [0.3, 0.4) is 0 Å². The maximum atomic E-state index is 12.6. The topological polar surface area (TPSA) is 78.0 Å². The Kier molecular flexibility index (Phi) is 7.07. The zero-order valence-corrected chi connectivity index (χ0v) is 19.0. The number of benzene rings is 2. The monoisotopic (exact) mass is 490 g/mol. The van der Waals surface area contributed by atoms with Crippen molar-refractivity contribution in [3.8, 4) is 16.3 Å². The highest BCUT2D eigenvalue weighted by Crippen LogP contribution is 2.34. The second-order valence-electron chi connectivity index (χ2n) is 6.11. The van der Waals surface area contributed by atoms with Crippen molar-refractivity contribution in [2.45, 2.75) is 6.61 Å². The van der Waals surface area contributed by atoms with Crippen molar-refractivity contribution in [1.82, 2.24) is 4.98 Å². The lowest BCUT2D eigenvalue weighted by Crippen LogP contribution is -2.27. The Hall–Kier alpha value is -2.91. The van der Waals surface area contributed by atoms with Crippen LogP contribution in [0.25, 0.3) is 10.6 Å². The van der Waals surface area contributed by atoms with Crippen LogP contribution in [0, 0.1) is 0 Å². The molecule has 7 nitrogen and oxygen atoms in total. The van der Waals surface area contributed by atoms with Gasteiger partial charge in [0.1, 0.15) is 17.4 Å². The summed E-state index contributed by atoms with van der Waals surface area (Å²) in [6.07, 6.45) is -0.581. The summed E-state index contributed by atoms with van der Waals surface area (Å²) in [6.45, 7) is 0.00191. The van der Waals surface area contributed by atoms with Crippen molar-refractivity contribution in [2.24, 2.45) is 0 Å². The molecule has 156 valence electrons. The third-order valence-corrected chi connectivity index (χ3v) is 5.65. The molecular formula is C21H19BrN2O5S. The third kappa shape index (κ3) is 4.80. The molecule has 0 unspecified atom stereocenters. The third-order valence-electron chi connectivity index (χ3n) is 4.23. The number of carbonyl (C=O) groups is 2. The average molecular weight is 491 g/mol. The summed E-state index contributed by atoms with van der Waals surface area (Å²) in [6, 6.07) is 12.3. The van der Waals surface area contributed by atoms with E-state index in [4.69, 9.17) is 14.2 Å². The Morgan fingerprint density at radius 3 is 2.67 bits per heavy atom. The van der Waals surface area contributed by atoms with Gasteiger partial charge in [-0.15, -0.1) is 11.3 Å². The first-order chi connectivity index (χ1) is 14.4. The summed E-state index contributed by atoms with van der Waals surface area (Å²) in [5, 5.41) is 2.58. The smallest absolute Gasteiger partial charge is 0.413 e. The summed E-state index contributed by atoms with van der Waals surface area (Å²) in [4.78, 5) is 30.2. The fraction of sp³-hybridized carbons (Fsp3) is 0.190. The lowest BCUT2D eigenvalue weighted by Gasteiger charge is -2.18. The number of methoxy groups -OCH3 is 2. The number of carbonyl (C=O) groups excluding carboxylic acids is 2. The van der Waals surface area contributed by atoms with Crippen LogP contribution >= 0.6 is 27.3 Å². The Labute approximate surface area is 186 Å². The molecule has 1 aromatic heterocycles. The molecule has 0 spiro atoms. The van der Waals surface area contributed by atoms with E-state index in [1.54, 1.807) is 31.4 Å². The first-order valence-corrected chi connectivity index (χ1v) is 10.5. The highest BCUT2D eigenvalue weighted by atomic mass is 79.9. The number of rotatable bonds is 6. The molecule has 0 fully saturated rings. The first-order valence-electron chi connectivity index (χ1n) is 8.80. The Balaban J connectivity index is 1.75. The van der Waals surface area contributed by atoms with E-state index in [0.29, 0.717) is 17.1 Å². The number of hydrogen-bond donors (Lipinski definition) is 0. The number of anilines is 1. The molecule has 3 rings (SSSR count). The van der Waals surface area contributed by atoms with E-state index in [9.17, 15) is 9.59 Å². The van der Waals surface area contributed by atoms with Crippen LogP contribution in [-0.2, 0) is 16.1 Å². The molecule has 0 aliphatic rings. The molecule has 0 bridgehead atoms. The van der Waals surface area contributed by atoms with Crippen molar-refractivity contribution in [1.29, 1.82) is 0 Å². The average Bonchev–Trinajstić information content (AvgIpc) is 3.25. The SMILES string of the molecule is COC(=O)N(C)c1ccccc1C(=O)OCc1csc(-c2cc(Br)ccc2OC)n1. The fourth-order valence-corrected chi connectivity index (χ4v) is 3.92. The predicted octanol–water partition coefficient (Wildman–Crippen LogP) is 5.14. The molecule has 2 aromatic carbocycles. The van der Waals surface area contributed by atoms with Crippen molar-refractivity contribution in [2.75, 3.05) is 26.2 Å². The number of nitrogens with zero attached hydrogens (tertiary/aromatic N) is 2. The summed E-state index contributed by atoms with van der Waals surface area (Å²) in [5.41, 5.74) is 2.12. The van der Waals surface area contributed by atoms with Gasteiger partial charge in [-0.1, -0.05) is 28.1 Å². The van der Waals surface area contributed by atoms with E-state index in [2.05, 4.69) is 20.9 Å². The summed E-state index contributed by atoms with van der Waals surface area (Å²) < 4.78 is 16.5. The quantitative estimate of drug-likeness (QED) is 0.445. The zero-order valence-electron chi connectivity index (χ0n) is 16.5. The van der Waals surface area contributed by atoms with Gasteiger partial charge in [0.15, 0.2) is 0 Å². The predicted molar refractivity (Wildman–Crippen MR) is 118 cm³/mol. The van der Waals surface area contributed by atoms with Crippen LogP contribution in [0.5, 0.6) is 5.75 Å². The molecule has 0 radical (unpaired) electrons. The molecule has 0 aliphatic carbocycles. The van der Waals surface area contributed by atoms with Crippen molar-refractivity contribution >= 4 is 45.0 Å². The molecule has 0 saturated heterocycles. The largest absolute Gasteiger partial charge is 0.496 e. The van der Waals surface area contributed by atoms with Crippen LogP contribution < -0.4 is 9.64 Å². The van der Waals surface area contributed by atoms with Gasteiger partial charge in [0.05, 0.1) is 36.7 Å². The van der Waals surface area contributed by atoms with E-state index >= 15 is 0 Å². The number of para-hydroxylation sites is 1. The molecule has 3 aromatic rings. The minimum atomic E-state index is -0.581. The standard InChI is InChI=1S/C21H19BrN2O5S/c1-24(21(26)28-3)17-7-5-4-6-15(17)20(25)29-11-14-12-30-19(23-14)16-10-13(22)8-9-18(16)27-2/h4-10,12H,11H2,1-3H3. The minimum absolute atomic E-state index is 0.00191. The lowest BCUT2D eigenvalue weighted by molar-refractivity contribution is 0.0469. The number of amides is 1. The van der Waals surface area contributed by atoms with E-state index in [-0.39, 0.29) is 12.2 Å². The van der Waals surface area contributed by atoms with Gasteiger partial charge in [-0.3, -0.25) is 4.90 Å². The first kappa shape index (κ1) is 21.8. The fourth-order valence-electron chi connectivity index (χ4n) is 2.74. The normalized spacial score (nSPS) is 10.4. The zero-order chi connectivity index (χ0) is 21.7. The van der Waals surface area contributed by atoms with Gasteiger partial charge < -0.3 is 14.2 Å². The molecule has 0 atom stereocenters. The van der Waals surface area contributed by atoms with Gasteiger partial charge in [-0.25, -0.2) is 14.6 Å². The molecule has 1 amide bonds. The molecule has 9 heteroatoms. The van der Waals surface area contributed by atoms with Crippen LogP contribution in [0.4, 0.5) is 10.5 Å². The summed E-state index contributed by atoms with van der Waals surface area (Å²) >= 11 is 4.88. The van der Waals surface area contributed by atoms with Crippen LogP contribution in [0.1, 0.15) is 16.1 Å². The van der Waals surface area contributed by atoms with E-state index in [0.717, 1.165) is 15.0 Å².